The molecule has 0 aromatic heterocycles. The molecule has 1 aliphatic rings. The zero-order chi connectivity index (χ0) is 34.1. The Balaban J connectivity index is 1.59. The van der Waals surface area contributed by atoms with Crippen molar-refractivity contribution in [2.75, 3.05) is 25.1 Å². The molecule has 0 bridgehead atoms. The van der Waals surface area contributed by atoms with E-state index in [0.29, 0.717) is 11.5 Å². The lowest BCUT2D eigenvalue weighted by Crippen LogP contribution is -2.54. The molecule has 252 valence electrons. The number of nitrogens with one attached hydrogen (secondary N) is 1. The van der Waals surface area contributed by atoms with Gasteiger partial charge in [-0.25, -0.2) is 8.42 Å². The number of carbonyl (C=O) groups is 2. The van der Waals surface area contributed by atoms with Crippen LogP contribution in [-0.4, -0.2) is 58.0 Å². The van der Waals surface area contributed by atoms with Gasteiger partial charge in [-0.15, -0.1) is 0 Å². The molecule has 1 unspecified atom stereocenters. The Morgan fingerprint density at radius 2 is 1.48 bits per heavy atom. The second-order valence-electron chi connectivity index (χ2n) is 11.7. The van der Waals surface area contributed by atoms with Crippen molar-refractivity contribution >= 4 is 43.5 Å². The molecule has 0 radical (unpaired) electrons. The second kappa shape index (κ2) is 16.2. The summed E-state index contributed by atoms with van der Waals surface area (Å²) in [6.45, 7) is -0.484. The first-order valence-electron chi connectivity index (χ1n) is 15.9. The molecule has 0 heterocycles. The second-order valence-corrected chi connectivity index (χ2v) is 14.5. The predicted molar refractivity (Wildman–Crippen MR) is 190 cm³/mol. The molecule has 0 aliphatic heterocycles. The van der Waals surface area contributed by atoms with Crippen molar-refractivity contribution in [3.8, 4) is 11.5 Å². The average Bonchev–Trinajstić information content (AvgIpc) is 3.62. The maximum absolute atomic E-state index is 14.7. The van der Waals surface area contributed by atoms with Crippen LogP contribution in [0.5, 0.6) is 11.5 Å². The fourth-order valence-electron chi connectivity index (χ4n) is 5.98. The summed E-state index contributed by atoms with van der Waals surface area (Å²) >= 11 is 3.52. The van der Waals surface area contributed by atoms with Gasteiger partial charge in [-0.3, -0.25) is 13.9 Å². The normalized spacial score (nSPS) is 13.8. The van der Waals surface area contributed by atoms with Crippen LogP contribution < -0.4 is 19.1 Å². The van der Waals surface area contributed by atoms with Gasteiger partial charge in [-0.1, -0.05) is 89.4 Å². The number of methoxy groups -OCH3 is 2. The van der Waals surface area contributed by atoms with E-state index in [4.69, 9.17) is 9.47 Å². The first-order valence-corrected chi connectivity index (χ1v) is 18.1. The number of carbonyl (C=O) groups excluding carboxylic acids is 2. The quantitative estimate of drug-likeness (QED) is 0.162. The first kappa shape index (κ1) is 35.0. The summed E-state index contributed by atoms with van der Waals surface area (Å²) < 4.78 is 41.3. The van der Waals surface area contributed by atoms with Crippen LogP contribution in [0.1, 0.15) is 36.8 Å². The van der Waals surface area contributed by atoms with Crippen molar-refractivity contribution in [1.29, 1.82) is 0 Å². The molecule has 1 saturated carbocycles. The lowest BCUT2D eigenvalue weighted by atomic mass is 10.0. The Bertz CT molecular complexity index is 1800. The lowest BCUT2D eigenvalue weighted by Gasteiger charge is -2.34. The molecule has 5 rings (SSSR count). The van der Waals surface area contributed by atoms with Crippen molar-refractivity contribution in [3.05, 3.63) is 119 Å². The fourth-order valence-corrected chi connectivity index (χ4v) is 7.86. The molecule has 2 amide bonds. The van der Waals surface area contributed by atoms with Crippen LogP contribution in [0.4, 0.5) is 5.69 Å². The minimum absolute atomic E-state index is 0.0194. The van der Waals surface area contributed by atoms with E-state index in [-0.39, 0.29) is 35.5 Å². The SMILES string of the molecule is COc1ccc(N(CC(=O)N(Cc2cccc(Br)c2)C(Cc2ccccc2)C(=O)NC2CCCC2)S(=O)(=O)c2ccccc2)cc1OC. The number of halogens is 1. The number of nitrogens with zero attached hydrogens (tertiary/aromatic N) is 2. The third kappa shape index (κ3) is 8.56. The van der Waals surface area contributed by atoms with Crippen LogP contribution in [0.3, 0.4) is 0 Å². The fraction of sp³-hybridized carbons (Fsp3) is 0.297. The summed E-state index contributed by atoms with van der Waals surface area (Å²) in [5, 5.41) is 3.20. The van der Waals surface area contributed by atoms with Crippen molar-refractivity contribution in [3.63, 3.8) is 0 Å². The Hall–Kier alpha value is -4.35. The monoisotopic (exact) mass is 733 g/mol. The van der Waals surface area contributed by atoms with E-state index in [0.717, 1.165) is 45.6 Å². The van der Waals surface area contributed by atoms with Gasteiger partial charge in [0.15, 0.2) is 11.5 Å². The van der Waals surface area contributed by atoms with E-state index < -0.39 is 28.5 Å². The van der Waals surface area contributed by atoms with Gasteiger partial charge in [-0.2, -0.15) is 0 Å². The molecule has 1 N–H and O–H groups in total. The zero-order valence-electron chi connectivity index (χ0n) is 27.0. The van der Waals surface area contributed by atoms with Gasteiger partial charge >= 0.3 is 0 Å². The Morgan fingerprint density at radius 3 is 2.12 bits per heavy atom. The Kier molecular flexibility index (Phi) is 11.8. The summed E-state index contributed by atoms with van der Waals surface area (Å²) in [7, 11) is -1.30. The van der Waals surface area contributed by atoms with E-state index >= 15 is 0 Å². The Morgan fingerprint density at radius 1 is 0.833 bits per heavy atom. The minimum Gasteiger partial charge on any atom is -0.493 e. The number of anilines is 1. The minimum atomic E-state index is -4.25. The predicted octanol–water partition coefficient (Wildman–Crippen LogP) is 6.36. The van der Waals surface area contributed by atoms with E-state index in [1.165, 1.54) is 37.3 Å². The maximum Gasteiger partial charge on any atom is 0.264 e. The highest BCUT2D eigenvalue weighted by Gasteiger charge is 2.36. The number of hydrogen-bond donors (Lipinski definition) is 1. The topological polar surface area (TPSA) is 105 Å². The van der Waals surface area contributed by atoms with Crippen LogP contribution in [0.2, 0.25) is 0 Å². The van der Waals surface area contributed by atoms with Gasteiger partial charge in [0.25, 0.3) is 10.0 Å². The van der Waals surface area contributed by atoms with Gasteiger partial charge in [0.2, 0.25) is 11.8 Å². The van der Waals surface area contributed by atoms with Crippen LogP contribution in [0.15, 0.2) is 112 Å². The van der Waals surface area contributed by atoms with E-state index in [1.54, 1.807) is 30.3 Å². The number of ether oxygens (including phenoxy) is 2. The molecule has 4 aromatic carbocycles. The zero-order valence-corrected chi connectivity index (χ0v) is 29.5. The molecule has 9 nitrogen and oxygen atoms in total. The van der Waals surface area contributed by atoms with Crippen LogP contribution >= 0.6 is 15.9 Å². The van der Waals surface area contributed by atoms with Gasteiger partial charge in [0, 0.05) is 29.5 Å². The van der Waals surface area contributed by atoms with Gasteiger partial charge < -0.3 is 19.7 Å². The highest BCUT2D eigenvalue weighted by molar-refractivity contribution is 9.10. The van der Waals surface area contributed by atoms with Gasteiger partial charge in [0.05, 0.1) is 24.8 Å². The number of sulfonamides is 1. The van der Waals surface area contributed by atoms with Gasteiger partial charge in [-0.05, 0) is 60.4 Å². The van der Waals surface area contributed by atoms with Crippen LogP contribution in [0.25, 0.3) is 0 Å². The molecule has 0 spiro atoms. The number of amides is 2. The summed E-state index contributed by atoms with van der Waals surface area (Å²) in [5.41, 5.74) is 1.88. The van der Waals surface area contributed by atoms with Crippen molar-refractivity contribution in [2.24, 2.45) is 0 Å². The molecule has 11 heteroatoms. The number of hydrogen-bond acceptors (Lipinski definition) is 6. The third-order valence-electron chi connectivity index (χ3n) is 8.48. The highest BCUT2D eigenvalue weighted by Crippen LogP contribution is 2.34. The standard InChI is InChI=1S/C37H40BrN3O6S/c1-46-34-21-20-31(24-35(34)47-2)41(48(44,45)32-18-7-4-8-19-32)26-36(42)40(25-28-14-11-15-29(38)22-28)33(23-27-12-5-3-6-13-27)37(43)39-30-16-9-10-17-30/h3-8,11-15,18-22,24,30,33H,9-10,16-17,23,25-26H2,1-2H3,(H,39,43). The molecule has 1 fully saturated rings. The van der Waals surface area contributed by atoms with Crippen LogP contribution in [-0.2, 0) is 32.6 Å². The largest absolute Gasteiger partial charge is 0.493 e. The molecule has 0 saturated heterocycles. The molecule has 48 heavy (non-hydrogen) atoms. The highest BCUT2D eigenvalue weighted by atomic mass is 79.9. The van der Waals surface area contributed by atoms with Crippen molar-refractivity contribution in [1.82, 2.24) is 10.2 Å². The number of benzene rings is 4. The molecule has 4 aromatic rings. The van der Waals surface area contributed by atoms with Crippen molar-refractivity contribution < 1.29 is 27.5 Å². The Labute approximate surface area is 291 Å². The lowest BCUT2D eigenvalue weighted by molar-refractivity contribution is -0.140. The van der Waals surface area contributed by atoms with E-state index in [9.17, 15) is 18.0 Å². The molecule has 1 atom stereocenters. The summed E-state index contributed by atoms with van der Waals surface area (Å²) in [6.07, 6.45) is 4.08. The van der Waals surface area contributed by atoms with E-state index in [2.05, 4.69) is 21.2 Å². The average molecular weight is 735 g/mol. The first-order chi connectivity index (χ1) is 23.2. The summed E-state index contributed by atoms with van der Waals surface area (Å²) in [5.74, 6) is -0.0866. The maximum atomic E-state index is 14.7. The van der Waals surface area contributed by atoms with E-state index in [1.807, 2.05) is 54.6 Å². The van der Waals surface area contributed by atoms with Gasteiger partial charge in [0.1, 0.15) is 12.6 Å². The molecule has 1 aliphatic carbocycles. The third-order valence-corrected chi connectivity index (χ3v) is 10.8. The molecular formula is C37H40BrN3O6S. The summed E-state index contributed by atoms with van der Waals surface area (Å²) in [6, 6.07) is 28.8. The van der Waals surface area contributed by atoms with Crippen molar-refractivity contribution in [2.45, 2.75) is 55.6 Å². The molecular weight excluding hydrogens is 694 g/mol. The smallest absolute Gasteiger partial charge is 0.264 e. The summed E-state index contributed by atoms with van der Waals surface area (Å²) in [4.78, 5) is 30.4. The van der Waals surface area contributed by atoms with Crippen LogP contribution in [0, 0.1) is 0 Å². The number of rotatable bonds is 14.